The van der Waals surface area contributed by atoms with Crippen LogP contribution >= 0.6 is 0 Å². The molecule has 0 aliphatic heterocycles. The molecule has 0 spiro atoms. The second-order valence-electron chi connectivity index (χ2n) is 15.2. The van der Waals surface area contributed by atoms with Crippen molar-refractivity contribution in [3.05, 3.63) is 212 Å². The van der Waals surface area contributed by atoms with Crippen molar-refractivity contribution < 1.29 is 8.83 Å². The number of oxazole rings is 1. The standard InChI is InChI=1S/C55H35N3O2/c1-4-13-36(14-5-1)37-23-27-41(28-24-37)57(43-31-32-46-45-19-10-11-21-49(45)58(50(46)33-43)40-17-8-3-9-18-40)42-29-25-38(26-30-42)44-20-12-22-51-54(44)47-34-53-48(35-52(47)59-51)56-55(60-53)39-15-6-2-7-16-39/h1-35H. The van der Waals surface area contributed by atoms with Crippen molar-refractivity contribution in [2.24, 2.45) is 0 Å². The van der Waals surface area contributed by atoms with Crippen LogP contribution in [-0.2, 0) is 0 Å². The molecule has 9 aromatic carbocycles. The lowest BCUT2D eigenvalue weighted by Gasteiger charge is -2.26. The van der Waals surface area contributed by atoms with Crippen LogP contribution in [0.5, 0.6) is 0 Å². The molecule has 0 fully saturated rings. The van der Waals surface area contributed by atoms with Crippen molar-refractivity contribution in [3.8, 4) is 39.4 Å². The average molecular weight is 770 g/mol. The quantitative estimate of drug-likeness (QED) is 0.162. The Balaban J connectivity index is 0.993. The van der Waals surface area contributed by atoms with E-state index in [0.717, 1.165) is 78.0 Å². The fourth-order valence-electron chi connectivity index (χ4n) is 8.82. The zero-order valence-corrected chi connectivity index (χ0v) is 32.4. The first-order valence-electron chi connectivity index (χ1n) is 20.2. The molecule has 0 unspecified atom stereocenters. The highest BCUT2D eigenvalue weighted by atomic mass is 16.4. The summed E-state index contributed by atoms with van der Waals surface area (Å²) in [5.41, 5.74) is 15.2. The van der Waals surface area contributed by atoms with Crippen molar-refractivity contribution in [1.82, 2.24) is 9.55 Å². The second kappa shape index (κ2) is 13.8. The van der Waals surface area contributed by atoms with Crippen LogP contribution in [0.3, 0.4) is 0 Å². The van der Waals surface area contributed by atoms with E-state index in [0.29, 0.717) is 5.89 Å². The van der Waals surface area contributed by atoms with Gasteiger partial charge in [-0.05, 0) is 101 Å². The van der Waals surface area contributed by atoms with Crippen LogP contribution in [-0.4, -0.2) is 9.55 Å². The Morgan fingerprint density at radius 2 is 1.00 bits per heavy atom. The molecular formula is C55H35N3O2. The van der Waals surface area contributed by atoms with Gasteiger partial charge >= 0.3 is 0 Å². The third-order valence-electron chi connectivity index (χ3n) is 11.6. The number of para-hydroxylation sites is 2. The highest BCUT2D eigenvalue weighted by Crippen LogP contribution is 2.43. The van der Waals surface area contributed by atoms with Gasteiger partial charge in [-0.15, -0.1) is 0 Å². The van der Waals surface area contributed by atoms with Crippen molar-refractivity contribution in [1.29, 1.82) is 0 Å². The minimum absolute atomic E-state index is 0.596. The van der Waals surface area contributed by atoms with Gasteiger partial charge in [-0.25, -0.2) is 4.98 Å². The van der Waals surface area contributed by atoms with E-state index in [1.54, 1.807) is 0 Å². The molecule has 0 radical (unpaired) electrons. The Hall–Kier alpha value is -8.15. The number of hydrogen-bond acceptors (Lipinski definition) is 4. The summed E-state index contributed by atoms with van der Waals surface area (Å²) in [5, 5.41) is 4.49. The Morgan fingerprint density at radius 1 is 0.383 bits per heavy atom. The number of anilines is 3. The maximum atomic E-state index is 6.46. The third-order valence-corrected chi connectivity index (χ3v) is 11.6. The van der Waals surface area contributed by atoms with Crippen LogP contribution in [0.2, 0.25) is 0 Å². The summed E-state index contributed by atoms with van der Waals surface area (Å²) >= 11 is 0. The minimum atomic E-state index is 0.596. The highest BCUT2D eigenvalue weighted by Gasteiger charge is 2.20. The normalized spacial score (nSPS) is 11.7. The van der Waals surface area contributed by atoms with Gasteiger partial charge in [-0.2, -0.15) is 0 Å². The van der Waals surface area contributed by atoms with Gasteiger partial charge in [-0.3, -0.25) is 0 Å². The Kier molecular flexibility index (Phi) is 7.78. The van der Waals surface area contributed by atoms with Gasteiger partial charge in [0.05, 0.1) is 11.0 Å². The summed E-state index contributed by atoms with van der Waals surface area (Å²) < 4.78 is 15.1. The van der Waals surface area contributed by atoms with E-state index in [-0.39, 0.29) is 0 Å². The molecular weight excluding hydrogens is 735 g/mol. The number of rotatable bonds is 7. The Morgan fingerprint density at radius 3 is 1.75 bits per heavy atom. The van der Waals surface area contributed by atoms with Crippen LogP contribution in [0.4, 0.5) is 17.1 Å². The first-order chi connectivity index (χ1) is 29.7. The molecule has 0 amide bonds. The number of benzene rings is 9. The summed E-state index contributed by atoms with van der Waals surface area (Å²) in [7, 11) is 0. The monoisotopic (exact) mass is 769 g/mol. The fourth-order valence-corrected chi connectivity index (χ4v) is 8.82. The highest BCUT2D eigenvalue weighted by molar-refractivity contribution is 6.15. The molecule has 3 heterocycles. The van der Waals surface area contributed by atoms with Gasteiger partial charge < -0.3 is 18.3 Å². The third kappa shape index (κ3) is 5.59. The summed E-state index contributed by atoms with van der Waals surface area (Å²) in [6.07, 6.45) is 0. The number of aromatic nitrogens is 2. The smallest absolute Gasteiger partial charge is 0.227 e. The molecule has 60 heavy (non-hydrogen) atoms. The summed E-state index contributed by atoms with van der Waals surface area (Å²) in [6, 6.07) is 74.7. The van der Waals surface area contributed by atoms with Gasteiger partial charge in [0.25, 0.3) is 0 Å². The van der Waals surface area contributed by atoms with E-state index in [4.69, 9.17) is 13.8 Å². The van der Waals surface area contributed by atoms with Crippen molar-refractivity contribution in [2.75, 3.05) is 4.90 Å². The van der Waals surface area contributed by atoms with Crippen LogP contribution < -0.4 is 4.90 Å². The molecule has 0 bridgehead atoms. The molecule has 0 atom stereocenters. The van der Waals surface area contributed by atoms with E-state index in [9.17, 15) is 0 Å². The predicted octanol–water partition coefficient (Wildman–Crippen LogP) is 15.3. The van der Waals surface area contributed by atoms with Crippen LogP contribution in [0.15, 0.2) is 221 Å². The summed E-state index contributed by atoms with van der Waals surface area (Å²) in [6.45, 7) is 0. The maximum absolute atomic E-state index is 6.46. The minimum Gasteiger partial charge on any atom is -0.456 e. The molecule has 0 saturated heterocycles. The number of nitrogens with zero attached hydrogens (tertiary/aromatic N) is 3. The van der Waals surface area contributed by atoms with Crippen molar-refractivity contribution in [2.45, 2.75) is 0 Å². The van der Waals surface area contributed by atoms with Gasteiger partial charge in [-0.1, -0.05) is 127 Å². The molecule has 0 aliphatic carbocycles. The molecule has 12 aromatic rings. The largest absolute Gasteiger partial charge is 0.456 e. The number of furan rings is 1. The zero-order chi connectivity index (χ0) is 39.6. The molecule has 3 aromatic heterocycles. The molecule has 12 rings (SSSR count). The second-order valence-corrected chi connectivity index (χ2v) is 15.2. The SMILES string of the molecule is c1ccc(-c2ccc(N(c3ccc(-c4cccc5oc6cc7nc(-c8ccccc8)oc7cc6c45)cc3)c3ccc4c5ccccc5n(-c5ccccc5)c4c3)cc2)cc1. The van der Waals surface area contributed by atoms with E-state index >= 15 is 0 Å². The van der Waals surface area contributed by atoms with Gasteiger partial charge in [0.15, 0.2) is 5.58 Å². The van der Waals surface area contributed by atoms with Crippen LogP contribution in [0.1, 0.15) is 0 Å². The number of hydrogen-bond donors (Lipinski definition) is 0. The van der Waals surface area contributed by atoms with Crippen molar-refractivity contribution in [3.63, 3.8) is 0 Å². The van der Waals surface area contributed by atoms with Crippen LogP contribution in [0, 0.1) is 0 Å². The Bertz CT molecular complexity index is 3510. The molecule has 5 heteroatoms. The molecule has 0 saturated carbocycles. The summed E-state index contributed by atoms with van der Waals surface area (Å²) in [5.74, 6) is 0.596. The van der Waals surface area contributed by atoms with E-state index in [1.807, 2.05) is 42.5 Å². The lowest BCUT2D eigenvalue weighted by atomic mass is 9.99. The predicted molar refractivity (Wildman–Crippen MR) is 247 cm³/mol. The Labute approximate surface area is 345 Å². The first kappa shape index (κ1) is 33.9. The molecule has 5 nitrogen and oxygen atoms in total. The van der Waals surface area contributed by atoms with Crippen LogP contribution in [0.25, 0.3) is 94.2 Å². The fraction of sp³-hybridized carbons (Fsp3) is 0. The van der Waals surface area contributed by atoms with Gasteiger partial charge in [0.2, 0.25) is 5.89 Å². The molecule has 282 valence electrons. The van der Waals surface area contributed by atoms with Gasteiger partial charge in [0, 0.05) is 55.9 Å². The van der Waals surface area contributed by atoms with E-state index < -0.39 is 0 Å². The van der Waals surface area contributed by atoms with Gasteiger partial charge in [0.1, 0.15) is 16.7 Å². The topological polar surface area (TPSA) is 47.3 Å². The molecule has 0 N–H and O–H groups in total. The number of fused-ring (bicyclic) bond motifs is 7. The first-order valence-corrected chi connectivity index (χ1v) is 20.2. The zero-order valence-electron chi connectivity index (χ0n) is 32.4. The lowest BCUT2D eigenvalue weighted by molar-refractivity contribution is 0.620. The molecule has 0 aliphatic rings. The summed E-state index contributed by atoms with van der Waals surface area (Å²) in [4.78, 5) is 7.15. The lowest BCUT2D eigenvalue weighted by Crippen LogP contribution is -2.10. The van der Waals surface area contributed by atoms with Crippen molar-refractivity contribution >= 4 is 71.9 Å². The average Bonchev–Trinajstić information content (AvgIpc) is 4.01. The maximum Gasteiger partial charge on any atom is 0.227 e. The van der Waals surface area contributed by atoms with E-state index in [2.05, 4.69) is 179 Å². The van der Waals surface area contributed by atoms with E-state index in [1.165, 1.54) is 27.4 Å².